The summed E-state index contributed by atoms with van der Waals surface area (Å²) >= 11 is 1.23. The van der Waals surface area contributed by atoms with E-state index in [0.29, 0.717) is 5.13 Å². The number of amides is 3. The number of nitrogens with two attached hydrogens (primary N) is 1. The average Bonchev–Trinajstić information content (AvgIpc) is 2.75. The maximum Gasteiger partial charge on any atom is 0.326 e. The number of aliphatic carboxylic acids is 1. The predicted octanol–water partition coefficient (Wildman–Crippen LogP) is 0.891. The Morgan fingerprint density at radius 1 is 1.43 bits per heavy atom. The van der Waals surface area contributed by atoms with Gasteiger partial charge in [-0.2, -0.15) is 0 Å². The van der Waals surface area contributed by atoms with Crippen molar-refractivity contribution in [3.63, 3.8) is 0 Å². The van der Waals surface area contributed by atoms with Crippen molar-refractivity contribution in [2.45, 2.75) is 38.6 Å². The Balaban J connectivity index is 2.66. The molecule has 0 saturated carbocycles. The monoisotopic (exact) mass is 314 g/mol. The minimum absolute atomic E-state index is 0.150. The molecule has 0 aliphatic heterocycles. The Kier molecular flexibility index (Phi) is 5.25. The van der Waals surface area contributed by atoms with Gasteiger partial charge in [-0.05, 0) is 0 Å². The Hall–Kier alpha value is -2.16. The quantitative estimate of drug-likeness (QED) is 0.640. The van der Waals surface area contributed by atoms with Crippen LogP contribution in [-0.4, -0.2) is 34.0 Å². The Labute approximate surface area is 125 Å². The number of aromatic nitrogens is 1. The molecule has 1 heterocycles. The second-order valence-electron chi connectivity index (χ2n) is 5.45. The highest BCUT2D eigenvalue weighted by molar-refractivity contribution is 7.13. The SMILES string of the molecule is CC(C)(C)c1csc(NC(=O)N[C@@H](CC(N)=O)C(=O)O)n1. The van der Waals surface area contributed by atoms with E-state index < -0.39 is 30.4 Å². The van der Waals surface area contributed by atoms with Crippen molar-refractivity contribution in [1.29, 1.82) is 0 Å². The van der Waals surface area contributed by atoms with Crippen molar-refractivity contribution < 1.29 is 19.5 Å². The lowest BCUT2D eigenvalue weighted by Gasteiger charge is -2.14. The molecule has 0 unspecified atom stereocenters. The van der Waals surface area contributed by atoms with Crippen LogP contribution in [0.5, 0.6) is 0 Å². The van der Waals surface area contributed by atoms with E-state index in [1.54, 1.807) is 0 Å². The average molecular weight is 314 g/mol. The van der Waals surface area contributed by atoms with Gasteiger partial charge >= 0.3 is 12.0 Å². The molecule has 0 radical (unpaired) electrons. The van der Waals surface area contributed by atoms with Gasteiger partial charge in [-0.3, -0.25) is 10.1 Å². The number of nitrogens with zero attached hydrogens (tertiary/aromatic N) is 1. The Bertz CT molecular complexity index is 550. The minimum atomic E-state index is -1.37. The fourth-order valence-electron chi connectivity index (χ4n) is 1.37. The number of primary amides is 1. The second kappa shape index (κ2) is 6.53. The number of anilines is 1. The van der Waals surface area contributed by atoms with Crippen molar-refractivity contribution in [3.8, 4) is 0 Å². The molecule has 0 aromatic carbocycles. The molecule has 1 aromatic heterocycles. The summed E-state index contributed by atoms with van der Waals surface area (Å²) in [5.74, 6) is -2.15. The number of nitrogens with one attached hydrogen (secondary N) is 2. The van der Waals surface area contributed by atoms with Crippen LogP contribution in [0.15, 0.2) is 5.38 Å². The molecule has 21 heavy (non-hydrogen) atoms. The standard InChI is InChI=1S/C12H18N4O4S/c1-12(2,3)7-5-21-11(15-7)16-10(20)14-6(9(18)19)4-8(13)17/h5-6H,4H2,1-3H3,(H2,13,17)(H,18,19)(H2,14,15,16,20)/t6-/m0/s1. The van der Waals surface area contributed by atoms with Crippen LogP contribution in [0.2, 0.25) is 0 Å². The number of thiazole rings is 1. The Morgan fingerprint density at radius 2 is 2.05 bits per heavy atom. The van der Waals surface area contributed by atoms with Gasteiger partial charge in [0.05, 0.1) is 12.1 Å². The molecule has 0 aliphatic rings. The third kappa shape index (κ3) is 5.38. The van der Waals surface area contributed by atoms with E-state index in [0.717, 1.165) is 5.69 Å². The van der Waals surface area contributed by atoms with Crippen LogP contribution in [0.4, 0.5) is 9.93 Å². The van der Waals surface area contributed by atoms with E-state index in [-0.39, 0.29) is 5.41 Å². The van der Waals surface area contributed by atoms with Crippen LogP contribution in [0.25, 0.3) is 0 Å². The molecule has 0 bridgehead atoms. The molecule has 0 spiro atoms. The summed E-state index contributed by atoms with van der Waals surface area (Å²) in [5, 5.41) is 15.6. The van der Waals surface area contributed by atoms with Crippen molar-refractivity contribution in [2.24, 2.45) is 5.73 Å². The van der Waals surface area contributed by atoms with Crippen LogP contribution < -0.4 is 16.4 Å². The summed E-state index contributed by atoms with van der Waals surface area (Å²) < 4.78 is 0. The third-order valence-electron chi connectivity index (χ3n) is 2.50. The Morgan fingerprint density at radius 3 is 2.48 bits per heavy atom. The molecule has 9 heteroatoms. The maximum atomic E-state index is 11.7. The third-order valence-corrected chi connectivity index (χ3v) is 3.26. The maximum absolute atomic E-state index is 11.7. The van der Waals surface area contributed by atoms with Gasteiger partial charge in [0.25, 0.3) is 0 Å². The molecule has 8 nitrogen and oxygen atoms in total. The highest BCUT2D eigenvalue weighted by Crippen LogP contribution is 2.26. The number of hydrogen-bond acceptors (Lipinski definition) is 5. The minimum Gasteiger partial charge on any atom is -0.480 e. The van der Waals surface area contributed by atoms with Crippen molar-refractivity contribution >= 4 is 34.4 Å². The van der Waals surface area contributed by atoms with Gasteiger partial charge in [0.15, 0.2) is 5.13 Å². The van der Waals surface area contributed by atoms with E-state index in [1.165, 1.54) is 11.3 Å². The van der Waals surface area contributed by atoms with E-state index in [1.807, 2.05) is 26.2 Å². The van der Waals surface area contributed by atoms with Crippen molar-refractivity contribution in [3.05, 3.63) is 11.1 Å². The first-order chi connectivity index (χ1) is 9.59. The largest absolute Gasteiger partial charge is 0.480 e. The zero-order chi connectivity index (χ0) is 16.2. The topological polar surface area (TPSA) is 134 Å². The van der Waals surface area contributed by atoms with Crippen molar-refractivity contribution in [2.75, 3.05) is 5.32 Å². The molecule has 1 atom stereocenters. The zero-order valence-electron chi connectivity index (χ0n) is 12.0. The number of hydrogen-bond donors (Lipinski definition) is 4. The molecule has 5 N–H and O–H groups in total. The van der Waals surface area contributed by atoms with Gasteiger partial charge in [0.1, 0.15) is 6.04 Å². The molecule has 0 saturated heterocycles. The van der Waals surface area contributed by atoms with Gasteiger partial charge in [0, 0.05) is 10.8 Å². The first-order valence-corrected chi connectivity index (χ1v) is 7.02. The van der Waals surface area contributed by atoms with Crippen LogP contribution in [0.1, 0.15) is 32.9 Å². The molecule has 1 rings (SSSR count). The lowest BCUT2D eigenvalue weighted by Crippen LogP contribution is -2.45. The molecule has 1 aromatic rings. The fraction of sp³-hybridized carbons (Fsp3) is 0.500. The summed E-state index contributed by atoms with van der Waals surface area (Å²) in [6.07, 6.45) is -0.478. The van der Waals surface area contributed by atoms with Gasteiger partial charge in [0.2, 0.25) is 5.91 Å². The number of carbonyl (C=O) groups excluding carboxylic acids is 2. The van der Waals surface area contributed by atoms with E-state index in [4.69, 9.17) is 10.8 Å². The molecule has 116 valence electrons. The number of rotatable bonds is 5. The van der Waals surface area contributed by atoms with Crippen LogP contribution in [-0.2, 0) is 15.0 Å². The summed E-state index contributed by atoms with van der Waals surface area (Å²) in [6.45, 7) is 5.96. The van der Waals surface area contributed by atoms with Crippen LogP contribution in [0, 0.1) is 0 Å². The number of urea groups is 1. The van der Waals surface area contributed by atoms with E-state index in [2.05, 4.69) is 15.6 Å². The summed E-state index contributed by atoms with van der Waals surface area (Å²) in [6, 6.07) is -2.12. The smallest absolute Gasteiger partial charge is 0.326 e. The molecule has 0 aliphatic carbocycles. The lowest BCUT2D eigenvalue weighted by atomic mass is 9.93. The van der Waals surface area contributed by atoms with Crippen LogP contribution in [0.3, 0.4) is 0 Å². The van der Waals surface area contributed by atoms with Gasteiger partial charge in [-0.25, -0.2) is 14.6 Å². The van der Waals surface area contributed by atoms with E-state index in [9.17, 15) is 14.4 Å². The number of carboxylic acids is 1. The fourth-order valence-corrected chi connectivity index (χ4v) is 2.30. The first-order valence-electron chi connectivity index (χ1n) is 6.14. The highest BCUT2D eigenvalue weighted by atomic mass is 32.1. The molecule has 3 amide bonds. The normalized spacial score (nSPS) is 12.5. The zero-order valence-corrected chi connectivity index (χ0v) is 12.8. The first kappa shape index (κ1) is 16.9. The summed E-state index contributed by atoms with van der Waals surface area (Å²) in [7, 11) is 0. The summed E-state index contributed by atoms with van der Waals surface area (Å²) in [4.78, 5) is 37.6. The van der Waals surface area contributed by atoms with Gasteiger partial charge in [-0.15, -0.1) is 11.3 Å². The number of carbonyl (C=O) groups is 3. The molecular weight excluding hydrogens is 296 g/mol. The lowest BCUT2D eigenvalue weighted by molar-refractivity contribution is -0.140. The van der Waals surface area contributed by atoms with Gasteiger partial charge < -0.3 is 16.2 Å². The van der Waals surface area contributed by atoms with Crippen LogP contribution >= 0.6 is 11.3 Å². The molecular formula is C12H18N4O4S. The van der Waals surface area contributed by atoms with Gasteiger partial charge in [-0.1, -0.05) is 20.8 Å². The van der Waals surface area contributed by atoms with E-state index >= 15 is 0 Å². The predicted molar refractivity (Wildman–Crippen MR) is 78.2 cm³/mol. The molecule has 0 fully saturated rings. The second-order valence-corrected chi connectivity index (χ2v) is 6.31. The summed E-state index contributed by atoms with van der Waals surface area (Å²) in [5.41, 5.74) is 5.59. The highest BCUT2D eigenvalue weighted by Gasteiger charge is 2.23. The number of carboxylic acid groups (broad SMARTS) is 1. The van der Waals surface area contributed by atoms with Crippen molar-refractivity contribution in [1.82, 2.24) is 10.3 Å².